The second kappa shape index (κ2) is 3.78. The molecule has 1 aliphatic rings. The van der Waals surface area contributed by atoms with Crippen molar-refractivity contribution >= 4 is 11.8 Å². The minimum atomic E-state index is 0.311. The SMILES string of the molecule is CN(C)C1(CN)CCSCC1. The number of hydrogen-bond acceptors (Lipinski definition) is 3. The molecule has 1 aliphatic heterocycles. The Bertz CT molecular complexity index is 119. The molecule has 0 atom stereocenters. The minimum Gasteiger partial charge on any atom is -0.329 e. The van der Waals surface area contributed by atoms with Crippen LogP contribution in [0.5, 0.6) is 0 Å². The lowest BCUT2D eigenvalue weighted by atomic mass is 9.91. The summed E-state index contributed by atoms with van der Waals surface area (Å²) in [4.78, 5) is 2.30. The molecule has 11 heavy (non-hydrogen) atoms. The Labute approximate surface area is 73.5 Å². The van der Waals surface area contributed by atoms with Gasteiger partial charge in [0.2, 0.25) is 0 Å². The first-order valence-electron chi connectivity index (χ1n) is 4.16. The third kappa shape index (κ3) is 1.89. The molecule has 0 saturated carbocycles. The Morgan fingerprint density at radius 1 is 1.36 bits per heavy atom. The van der Waals surface area contributed by atoms with Crippen LogP contribution < -0.4 is 5.73 Å². The van der Waals surface area contributed by atoms with Crippen molar-refractivity contribution < 1.29 is 0 Å². The van der Waals surface area contributed by atoms with Crippen LogP contribution in [0.3, 0.4) is 0 Å². The molecular formula is C8H18N2S. The molecule has 0 spiro atoms. The molecule has 0 aromatic heterocycles. The van der Waals surface area contributed by atoms with Gasteiger partial charge in [-0.05, 0) is 38.4 Å². The zero-order valence-corrected chi connectivity index (χ0v) is 8.28. The number of nitrogens with zero attached hydrogens (tertiary/aromatic N) is 1. The number of nitrogens with two attached hydrogens (primary N) is 1. The van der Waals surface area contributed by atoms with E-state index >= 15 is 0 Å². The molecule has 0 bridgehead atoms. The van der Waals surface area contributed by atoms with Crippen LogP contribution in [0.4, 0.5) is 0 Å². The van der Waals surface area contributed by atoms with Gasteiger partial charge in [0.15, 0.2) is 0 Å². The van der Waals surface area contributed by atoms with Crippen LogP contribution in [0, 0.1) is 0 Å². The van der Waals surface area contributed by atoms with Crippen LogP contribution in [0.25, 0.3) is 0 Å². The molecule has 0 aromatic carbocycles. The maximum absolute atomic E-state index is 5.79. The highest BCUT2D eigenvalue weighted by Gasteiger charge is 2.32. The topological polar surface area (TPSA) is 29.3 Å². The van der Waals surface area contributed by atoms with Crippen molar-refractivity contribution in [3.8, 4) is 0 Å². The Hall–Kier alpha value is 0.270. The number of thioether (sulfide) groups is 1. The highest BCUT2D eigenvalue weighted by Crippen LogP contribution is 2.29. The van der Waals surface area contributed by atoms with Gasteiger partial charge < -0.3 is 10.6 Å². The van der Waals surface area contributed by atoms with Crippen LogP contribution in [0.15, 0.2) is 0 Å². The van der Waals surface area contributed by atoms with Gasteiger partial charge in [-0.2, -0.15) is 11.8 Å². The molecule has 2 N–H and O–H groups in total. The van der Waals surface area contributed by atoms with Gasteiger partial charge in [-0.3, -0.25) is 0 Å². The van der Waals surface area contributed by atoms with E-state index in [1.165, 1.54) is 24.3 Å². The van der Waals surface area contributed by atoms with Crippen molar-refractivity contribution in [1.82, 2.24) is 4.90 Å². The molecule has 1 rings (SSSR count). The van der Waals surface area contributed by atoms with E-state index in [4.69, 9.17) is 5.73 Å². The maximum atomic E-state index is 5.79. The van der Waals surface area contributed by atoms with Crippen LogP contribution in [0.1, 0.15) is 12.8 Å². The van der Waals surface area contributed by atoms with Crippen molar-refractivity contribution in [1.29, 1.82) is 0 Å². The molecule has 0 aliphatic carbocycles. The molecule has 1 fully saturated rings. The number of rotatable bonds is 2. The fourth-order valence-corrected chi connectivity index (χ4v) is 2.84. The van der Waals surface area contributed by atoms with Crippen LogP contribution in [-0.2, 0) is 0 Å². The number of hydrogen-bond donors (Lipinski definition) is 1. The van der Waals surface area contributed by atoms with Crippen LogP contribution in [0.2, 0.25) is 0 Å². The summed E-state index contributed by atoms with van der Waals surface area (Å²) in [5, 5.41) is 0. The molecule has 1 saturated heterocycles. The fourth-order valence-electron chi connectivity index (χ4n) is 1.59. The first kappa shape index (κ1) is 9.36. The lowest BCUT2D eigenvalue weighted by Crippen LogP contribution is -2.52. The average Bonchev–Trinajstić information content (AvgIpc) is 2.05. The van der Waals surface area contributed by atoms with E-state index in [1.54, 1.807) is 0 Å². The predicted molar refractivity (Wildman–Crippen MR) is 52.0 cm³/mol. The standard InChI is InChI=1S/C8H18N2S/c1-10(2)8(7-9)3-5-11-6-4-8/h3-7,9H2,1-2H3. The lowest BCUT2D eigenvalue weighted by molar-refractivity contribution is 0.147. The van der Waals surface area contributed by atoms with Crippen molar-refractivity contribution in [3.05, 3.63) is 0 Å². The molecule has 66 valence electrons. The summed E-state index contributed by atoms with van der Waals surface area (Å²) in [7, 11) is 4.28. The average molecular weight is 174 g/mol. The van der Waals surface area contributed by atoms with Crippen molar-refractivity contribution in [2.75, 3.05) is 32.1 Å². The van der Waals surface area contributed by atoms with Gasteiger partial charge in [-0.15, -0.1) is 0 Å². The fraction of sp³-hybridized carbons (Fsp3) is 1.00. The molecule has 0 radical (unpaired) electrons. The summed E-state index contributed by atoms with van der Waals surface area (Å²) in [5.41, 5.74) is 6.10. The molecule has 0 unspecified atom stereocenters. The second-order valence-corrected chi connectivity index (χ2v) is 4.66. The smallest absolute Gasteiger partial charge is 0.0341 e. The lowest BCUT2D eigenvalue weighted by Gasteiger charge is -2.41. The Morgan fingerprint density at radius 2 is 1.91 bits per heavy atom. The normalized spacial score (nSPS) is 24.0. The van der Waals surface area contributed by atoms with E-state index in [1.807, 2.05) is 11.8 Å². The summed E-state index contributed by atoms with van der Waals surface area (Å²) >= 11 is 2.05. The minimum absolute atomic E-state index is 0.311. The first-order valence-corrected chi connectivity index (χ1v) is 5.32. The van der Waals surface area contributed by atoms with Gasteiger partial charge >= 0.3 is 0 Å². The van der Waals surface area contributed by atoms with Gasteiger partial charge in [0.05, 0.1) is 0 Å². The Balaban J connectivity index is 2.57. The molecule has 3 heteroatoms. The molecule has 1 heterocycles. The van der Waals surface area contributed by atoms with Gasteiger partial charge in [0.25, 0.3) is 0 Å². The van der Waals surface area contributed by atoms with E-state index in [-0.39, 0.29) is 0 Å². The zero-order valence-electron chi connectivity index (χ0n) is 7.47. The van der Waals surface area contributed by atoms with E-state index < -0.39 is 0 Å². The third-order valence-corrected chi connectivity index (χ3v) is 3.74. The number of likely N-dealkylation sites (N-methyl/N-ethyl adjacent to an activating group) is 1. The quantitative estimate of drug-likeness (QED) is 0.670. The highest BCUT2D eigenvalue weighted by atomic mass is 32.2. The summed E-state index contributed by atoms with van der Waals surface area (Å²) in [6, 6.07) is 0. The first-order chi connectivity index (χ1) is 5.21. The van der Waals surface area contributed by atoms with E-state index in [0.29, 0.717) is 5.54 Å². The van der Waals surface area contributed by atoms with Crippen molar-refractivity contribution in [3.63, 3.8) is 0 Å². The van der Waals surface area contributed by atoms with E-state index in [0.717, 1.165) is 6.54 Å². The molecule has 0 amide bonds. The summed E-state index contributed by atoms with van der Waals surface area (Å²) < 4.78 is 0. The van der Waals surface area contributed by atoms with E-state index in [9.17, 15) is 0 Å². The van der Waals surface area contributed by atoms with Gasteiger partial charge in [0.1, 0.15) is 0 Å². The van der Waals surface area contributed by atoms with Crippen LogP contribution in [-0.4, -0.2) is 42.6 Å². The predicted octanol–water partition coefficient (Wildman–Crippen LogP) is 0.773. The maximum Gasteiger partial charge on any atom is 0.0341 e. The van der Waals surface area contributed by atoms with Crippen LogP contribution >= 0.6 is 11.8 Å². The molecule has 2 nitrogen and oxygen atoms in total. The Kier molecular flexibility index (Phi) is 3.22. The van der Waals surface area contributed by atoms with Gasteiger partial charge in [-0.1, -0.05) is 0 Å². The summed E-state index contributed by atoms with van der Waals surface area (Å²) in [6.45, 7) is 0.806. The Morgan fingerprint density at radius 3 is 2.18 bits per heavy atom. The second-order valence-electron chi connectivity index (χ2n) is 3.44. The third-order valence-electron chi connectivity index (χ3n) is 2.75. The monoisotopic (exact) mass is 174 g/mol. The summed E-state index contributed by atoms with van der Waals surface area (Å²) in [5.74, 6) is 2.55. The van der Waals surface area contributed by atoms with Crippen molar-refractivity contribution in [2.45, 2.75) is 18.4 Å². The van der Waals surface area contributed by atoms with Gasteiger partial charge in [0, 0.05) is 12.1 Å². The highest BCUT2D eigenvalue weighted by molar-refractivity contribution is 7.99. The van der Waals surface area contributed by atoms with E-state index in [2.05, 4.69) is 19.0 Å². The van der Waals surface area contributed by atoms with Crippen molar-refractivity contribution in [2.24, 2.45) is 5.73 Å². The van der Waals surface area contributed by atoms with Gasteiger partial charge in [-0.25, -0.2) is 0 Å². The molecule has 0 aromatic rings. The molecular weight excluding hydrogens is 156 g/mol. The zero-order chi connectivity index (χ0) is 8.32. The summed E-state index contributed by atoms with van der Waals surface area (Å²) in [6.07, 6.45) is 2.50. The largest absolute Gasteiger partial charge is 0.329 e.